The molecule has 0 saturated heterocycles. The van der Waals surface area contributed by atoms with Gasteiger partial charge in [-0.15, -0.1) is 8.80 Å². The van der Waals surface area contributed by atoms with Crippen LogP contribution < -0.4 is 5.32 Å². The first-order chi connectivity index (χ1) is 9.24. The SMILES string of the molecule is CCOC1=NS(=O)N=C1N[C@H](CC)c1ccccc1. The van der Waals surface area contributed by atoms with Gasteiger partial charge < -0.3 is 10.1 Å². The Hall–Kier alpha value is -1.69. The molecule has 1 aromatic rings. The summed E-state index contributed by atoms with van der Waals surface area (Å²) in [6.45, 7) is 4.41. The smallest absolute Gasteiger partial charge is 0.271 e. The molecular formula is C13H17N3O2S. The molecule has 0 aromatic heterocycles. The van der Waals surface area contributed by atoms with Gasteiger partial charge in [-0.3, -0.25) is 0 Å². The van der Waals surface area contributed by atoms with Gasteiger partial charge in [-0.25, -0.2) is 4.21 Å². The average Bonchev–Trinajstić information content (AvgIpc) is 2.77. The zero-order valence-electron chi connectivity index (χ0n) is 11.0. The van der Waals surface area contributed by atoms with Crippen LogP contribution >= 0.6 is 0 Å². The molecule has 1 aliphatic rings. The van der Waals surface area contributed by atoms with Crippen LogP contribution in [0.25, 0.3) is 0 Å². The highest BCUT2D eigenvalue weighted by Crippen LogP contribution is 2.17. The minimum atomic E-state index is -1.57. The molecule has 0 fully saturated rings. The molecule has 1 aliphatic heterocycles. The maximum atomic E-state index is 11.4. The number of ether oxygens (including phenoxy) is 1. The number of benzene rings is 1. The summed E-state index contributed by atoms with van der Waals surface area (Å²) < 4.78 is 24.5. The van der Waals surface area contributed by atoms with E-state index < -0.39 is 11.2 Å². The molecule has 0 radical (unpaired) electrons. The summed E-state index contributed by atoms with van der Waals surface area (Å²) in [5.74, 6) is 0.797. The molecule has 0 spiro atoms. The second-order valence-corrected chi connectivity index (χ2v) is 4.84. The maximum Gasteiger partial charge on any atom is 0.271 e. The Morgan fingerprint density at radius 3 is 2.63 bits per heavy atom. The molecule has 102 valence electrons. The minimum absolute atomic E-state index is 0.0979. The predicted molar refractivity (Wildman–Crippen MR) is 77.2 cm³/mol. The summed E-state index contributed by atoms with van der Waals surface area (Å²) in [4.78, 5) is 0. The molecule has 0 aliphatic carbocycles. The first kappa shape index (κ1) is 13.7. The van der Waals surface area contributed by atoms with Crippen molar-refractivity contribution in [1.82, 2.24) is 5.32 Å². The van der Waals surface area contributed by atoms with E-state index in [1.807, 2.05) is 37.3 Å². The van der Waals surface area contributed by atoms with Crippen LogP contribution in [0.2, 0.25) is 0 Å². The van der Waals surface area contributed by atoms with Gasteiger partial charge >= 0.3 is 0 Å². The van der Waals surface area contributed by atoms with Crippen molar-refractivity contribution in [3.05, 3.63) is 35.9 Å². The van der Waals surface area contributed by atoms with Crippen LogP contribution in [0, 0.1) is 0 Å². The zero-order chi connectivity index (χ0) is 13.7. The molecule has 5 nitrogen and oxygen atoms in total. The van der Waals surface area contributed by atoms with Crippen LogP contribution in [-0.2, 0) is 15.9 Å². The Bertz CT molecular complexity index is 514. The van der Waals surface area contributed by atoms with Gasteiger partial charge in [-0.1, -0.05) is 37.3 Å². The average molecular weight is 279 g/mol. The lowest BCUT2D eigenvalue weighted by Crippen LogP contribution is -2.34. The van der Waals surface area contributed by atoms with Crippen molar-refractivity contribution in [3.63, 3.8) is 0 Å². The fourth-order valence-electron chi connectivity index (χ4n) is 1.84. The van der Waals surface area contributed by atoms with Crippen LogP contribution in [0.5, 0.6) is 0 Å². The van der Waals surface area contributed by atoms with Crippen LogP contribution in [0.4, 0.5) is 0 Å². The van der Waals surface area contributed by atoms with E-state index in [9.17, 15) is 4.21 Å². The Kier molecular flexibility index (Phi) is 4.68. The number of nitrogens with one attached hydrogen (secondary N) is 1. The molecular weight excluding hydrogens is 262 g/mol. The van der Waals surface area contributed by atoms with Gasteiger partial charge in [0.2, 0.25) is 5.84 Å². The van der Waals surface area contributed by atoms with Gasteiger partial charge in [-0.2, -0.15) is 0 Å². The lowest BCUT2D eigenvalue weighted by atomic mass is 10.0. The Labute approximate surface area is 115 Å². The third-order valence-electron chi connectivity index (χ3n) is 2.74. The van der Waals surface area contributed by atoms with Gasteiger partial charge in [0, 0.05) is 0 Å². The molecule has 0 amide bonds. The first-order valence-corrected chi connectivity index (χ1v) is 7.35. The number of rotatable bonds is 4. The third-order valence-corrected chi connectivity index (χ3v) is 3.40. The van der Waals surface area contributed by atoms with Crippen molar-refractivity contribution in [2.24, 2.45) is 8.80 Å². The van der Waals surface area contributed by atoms with Crippen LogP contribution in [-0.4, -0.2) is 22.5 Å². The van der Waals surface area contributed by atoms with Gasteiger partial charge in [0.15, 0.2) is 0 Å². The molecule has 1 unspecified atom stereocenters. The van der Waals surface area contributed by atoms with Crippen molar-refractivity contribution >= 4 is 22.9 Å². The number of hydrogen-bond acceptors (Lipinski definition) is 3. The van der Waals surface area contributed by atoms with E-state index in [-0.39, 0.29) is 6.04 Å². The molecule has 2 atom stereocenters. The van der Waals surface area contributed by atoms with Crippen molar-refractivity contribution < 1.29 is 8.95 Å². The van der Waals surface area contributed by atoms with Gasteiger partial charge in [-0.05, 0) is 18.9 Å². The lowest BCUT2D eigenvalue weighted by molar-refractivity contribution is 0.333. The number of nitrogens with zero attached hydrogens (tertiary/aromatic N) is 2. The van der Waals surface area contributed by atoms with E-state index in [1.165, 1.54) is 0 Å². The summed E-state index contributed by atoms with van der Waals surface area (Å²) in [5.41, 5.74) is 1.15. The molecule has 0 bridgehead atoms. The monoisotopic (exact) mass is 279 g/mol. The van der Waals surface area contributed by atoms with E-state index in [0.717, 1.165) is 12.0 Å². The van der Waals surface area contributed by atoms with E-state index in [1.54, 1.807) is 0 Å². The maximum absolute atomic E-state index is 11.4. The molecule has 1 aromatic carbocycles. The highest BCUT2D eigenvalue weighted by Gasteiger charge is 2.23. The fourth-order valence-corrected chi connectivity index (χ4v) is 2.45. The van der Waals surface area contributed by atoms with Crippen LogP contribution in [0.1, 0.15) is 31.9 Å². The lowest BCUT2D eigenvalue weighted by Gasteiger charge is -2.18. The summed E-state index contributed by atoms with van der Waals surface area (Å²) in [6.07, 6.45) is 0.884. The largest absolute Gasteiger partial charge is 0.475 e. The number of amidine groups is 1. The standard InChI is InChI=1S/C13H17N3O2S/c1-3-11(10-8-6-5-7-9-10)14-12-13(18-4-2)16-19(17)15-12/h5-9,11H,3-4H2,1-2H3,(H,14,15)/t11-,19?/m1/s1. The summed E-state index contributed by atoms with van der Waals surface area (Å²) in [7, 11) is 0. The molecule has 1 heterocycles. The zero-order valence-corrected chi connectivity index (χ0v) is 11.8. The van der Waals surface area contributed by atoms with Crippen molar-refractivity contribution in [3.8, 4) is 0 Å². The normalized spacial score (nSPS) is 19.6. The van der Waals surface area contributed by atoms with Crippen molar-refractivity contribution in [2.45, 2.75) is 26.3 Å². The second-order valence-electron chi connectivity index (χ2n) is 4.02. The molecule has 2 rings (SSSR count). The molecule has 19 heavy (non-hydrogen) atoms. The highest BCUT2D eigenvalue weighted by molar-refractivity contribution is 7.83. The quantitative estimate of drug-likeness (QED) is 0.918. The van der Waals surface area contributed by atoms with Gasteiger partial charge in [0.1, 0.15) is 0 Å². The summed E-state index contributed by atoms with van der Waals surface area (Å²) >= 11 is -1.57. The molecule has 6 heteroatoms. The van der Waals surface area contributed by atoms with E-state index in [2.05, 4.69) is 21.0 Å². The Morgan fingerprint density at radius 2 is 2.00 bits per heavy atom. The Morgan fingerprint density at radius 1 is 1.26 bits per heavy atom. The fraction of sp³-hybridized carbons (Fsp3) is 0.385. The second kappa shape index (κ2) is 6.47. The number of hydrogen-bond donors (Lipinski definition) is 1. The summed E-state index contributed by atoms with van der Waals surface area (Å²) in [5, 5.41) is 3.25. The van der Waals surface area contributed by atoms with Gasteiger partial charge in [0.05, 0.1) is 12.6 Å². The van der Waals surface area contributed by atoms with Crippen LogP contribution in [0.3, 0.4) is 0 Å². The van der Waals surface area contributed by atoms with E-state index in [0.29, 0.717) is 18.3 Å². The van der Waals surface area contributed by atoms with E-state index >= 15 is 0 Å². The Balaban J connectivity index is 2.13. The van der Waals surface area contributed by atoms with Gasteiger partial charge in [0.25, 0.3) is 17.1 Å². The highest BCUT2D eigenvalue weighted by atomic mass is 32.2. The molecule has 1 N–H and O–H groups in total. The van der Waals surface area contributed by atoms with Crippen molar-refractivity contribution in [2.75, 3.05) is 6.61 Å². The third kappa shape index (κ3) is 3.41. The molecule has 0 saturated carbocycles. The first-order valence-electron chi connectivity index (χ1n) is 6.28. The van der Waals surface area contributed by atoms with Crippen molar-refractivity contribution in [1.29, 1.82) is 0 Å². The minimum Gasteiger partial charge on any atom is -0.475 e. The topological polar surface area (TPSA) is 63.0 Å². The summed E-state index contributed by atoms with van der Waals surface area (Å²) in [6, 6.07) is 10.2. The predicted octanol–water partition coefficient (Wildman–Crippen LogP) is 2.15. The van der Waals surface area contributed by atoms with E-state index in [4.69, 9.17) is 4.74 Å². The van der Waals surface area contributed by atoms with Crippen LogP contribution in [0.15, 0.2) is 39.1 Å².